The largest absolute Gasteiger partial charge is 0.454 e. The quantitative estimate of drug-likeness (QED) is 0.449. The van der Waals surface area contributed by atoms with E-state index in [0.29, 0.717) is 24.1 Å². The Kier molecular flexibility index (Phi) is 4.68. The third-order valence-corrected chi connectivity index (χ3v) is 6.55. The predicted molar refractivity (Wildman–Crippen MR) is 121 cm³/mol. The van der Waals surface area contributed by atoms with E-state index in [2.05, 4.69) is 10.2 Å². The average Bonchev–Trinajstić information content (AvgIpc) is 3.50. The lowest BCUT2D eigenvalue weighted by atomic mass is 9.93. The Morgan fingerprint density at radius 2 is 1.85 bits per heavy atom. The molecule has 2 aromatic carbocycles. The molecule has 4 aromatic rings. The molecule has 33 heavy (non-hydrogen) atoms. The first-order valence-corrected chi connectivity index (χ1v) is 11.2. The summed E-state index contributed by atoms with van der Waals surface area (Å²) in [7, 11) is 0. The molecule has 7 heteroatoms. The number of esters is 1. The number of pyridine rings is 1. The summed E-state index contributed by atoms with van der Waals surface area (Å²) in [5, 5.41) is 8.64. The maximum absolute atomic E-state index is 13.6. The lowest BCUT2D eigenvalue weighted by molar-refractivity contribution is 0.0252. The van der Waals surface area contributed by atoms with Gasteiger partial charge in [-0.3, -0.25) is 9.20 Å². The van der Waals surface area contributed by atoms with Crippen molar-refractivity contribution in [2.75, 3.05) is 6.54 Å². The molecule has 0 saturated carbocycles. The summed E-state index contributed by atoms with van der Waals surface area (Å²) in [6.07, 6.45) is 3.88. The number of hydrogen-bond donors (Lipinski definition) is 0. The molecule has 1 saturated heterocycles. The van der Waals surface area contributed by atoms with Crippen molar-refractivity contribution in [2.24, 2.45) is 0 Å². The van der Waals surface area contributed by atoms with Gasteiger partial charge in [-0.25, -0.2) is 4.79 Å². The third-order valence-electron chi connectivity index (χ3n) is 6.55. The molecule has 2 aromatic heterocycles. The summed E-state index contributed by atoms with van der Waals surface area (Å²) in [5.74, 6) is 0.378. The van der Waals surface area contributed by atoms with Gasteiger partial charge in [0.15, 0.2) is 11.5 Å². The van der Waals surface area contributed by atoms with Crippen molar-refractivity contribution >= 4 is 17.5 Å². The number of ether oxygens (including phenoxy) is 1. The van der Waals surface area contributed by atoms with E-state index in [1.807, 2.05) is 70.1 Å². The molecule has 0 unspecified atom stereocenters. The maximum Gasteiger partial charge on any atom is 0.339 e. The first-order valence-electron chi connectivity index (χ1n) is 11.2. The number of likely N-dealkylation sites (tertiary alicyclic amines) is 1. The van der Waals surface area contributed by atoms with Crippen LogP contribution in [0.5, 0.6) is 0 Å². The lowest BCUT2D eigenvalue weighted by Crippen LogP contribution is -2.32. The fourth-order valence-corrected chi connectivity index (χ4v) is 4.91. The minimum absolute atomic E-state index is 0.0526. The highest BCUT2D eigenvalue weighted by molar-refractivity contribution is 5.98. The smallest absolute Gasteiger partial charge is 0.339 e. The first kappa shape index (κ1) is 19.7. The fourth-order valence-electron chi connectivity index (χ4n) is 4.91. The number of rotatable bonds is 3. The first-order chi connectivity index (χ1) is 16.2. The molecule has 0 aliphatic carbocycles. The van der Waals surface area contributed by atoms with Crippen LogP contribution < -0.4 is 0 Å². The average molecular weight is 438 g/mol. The topological polar surface area (TPSA) is 76.8 Å². The van der Waals surface area contributed by atoms with Crippen molar-refractivity contribution in [1.82, 2.24) is 19.5 Å². The Balaban J connectivity index is 1.30. The molecular formula is C26H22N4O3. The van der Waals surface area contributed by atoms with Crippen LogP contribution in [0.3, 0.4) is 0 Å². The molecule has 0 bridgehead atoms. The Bertz CT molecular complexity index is 1360. The predicted octanol–water partition coefficient (Wildman–Crippen LogP) is 4.16. The molecule has 4 heterocycles. The van der Waals surface area contributed by atoms with Gasteiger partial charge in [-0.15, -0.1) is 10.2 Å². The number of amides is 1. The lowest BCUT2D eigenvalue weighted by Gasteiger charge is -2.27. The van der Waals surface area contributed by atoms with E-state index in [1.54, 1.807) is 12.1 Å². The standard InChI is InChI=1S/C26H22N4O3/c31-25(29-14-6-9-21(29)24-28-27-23-10-4-5-13-30(23)24)18-11-12-20-19(15-18)16-22(33-26(20)32)17-7-2-1-3-8-17/h1-5,7-8,10-13,15,21-22H,6,9,14,16H2/t21-,22+/m1/s1. The van der Waals surface area contributed by atoms with Crippen LogP contribution in [0.1, 0.15) is 62.7 Å². The molecular weight excluding hydrogens is 416 g/mol. The number of fused-ring (bicyclic) bond motifs is 2. The number of aromatic nitrogens is 3. The molecule has 2 aliphatic rings. The zero-order chi connectivity index (χ0) is 22.4. The van der Waals surface area contributed by atoms with Crippen molar-refractivity contribution in [2.45, 2.75) is 31.4 Å². The van der Waals surface area contributed by atoms with Gasteiger partial charge >= 0.3 is 5.97 Å². The van der Waals surface area contributed by atoms with E-state index in [1.165, 1.54) is 0 Å². The summed E-state index contributed by atoms with van der Waals surface area (Å²) < 4.78 is 7.60. The SMILES string of the molecule is O=C1O[C@H](c2ccccc2)Cc2cc(C(=O)N3CCC[C@@H]3c3nnc4ccccn34)ccc21. The molecule has 0 N–H and O–H groups in total. The van der Waals surface area contributed by atoms with Gasteiger partial charge in [0.05, 0.1) is 11.6 Å². The molecule has 2 atom stereocenters. The Hall–Kier alpha value is -4.00. The monoisotopic (exact) mass is 438 g/mol. The number of cyclic esters (lactones) is 1. The van der Waals surface area contributed by atoms with E-state index in [0.717, 1.165) is 35.4 Å². The van der Waals surface area contributed by atoms with Gasteiger partial charge in [-0.05, 0) is 54.3 Å². The molecule has 7 nitrogen and oxygen atoms in total. The second-order valence-electron chi connectivity index (χ2n) is 8.52. The van der Waals surface area contributed by atoms with Crippen LogP contribution in [0.25, 0.3) is 5.65 Å². The summed E-state index contributed by atoms with van der Waals surface area (Å²) in [4.78, 5) is 28.0. The van der Waals surface area contributed by atoms with Crippen molar-refractivity contribution in [1.29, 1.82) is 0 Å². The number of carbonyl (C=O) groups is 2. The molecule has 6 rings (SSSR count). The van der Waals surface area contributed by atoms with Gasteiger partial charge in [0.1, 0.15) is 6.10 Å². The van der Waals surface area contributed by atoms with E-state index in [9.17, 15) is 9.59 Å². The maximum atomic E-state index is 13.6. The number of nitrogens with zero attached hydrogens (tertiary/aromatic N) is 4. The van der Waals surface area contributed by atoms with Gasteiger partial charge in [0, 0.05) is 24.7 Å². The zero-order valence-electron chi connectivity index (χ0n) is 17.9. The number of hydrogen-bond acceptors (Lipinski definition) is 5. The van der Waals surface area contributed by atoms with Crippen LogP contribution in [0.4, 0.5) is 0 Å². The minimum Gasteiger partial charge on any atom is -0.454 e. The van der Waals surface area contributed by atoms with Crippen molar-refractivity contribution in [3.05, 3.63) is 101 Å². The van der Waals surface area contributed by atoms with Gasteiger partial charge < -0.3 is 9.64 Å². The molecule has 1 amide bonds. The number of benzene rings is 2. The van der Waals surface area contributed by atoms with Crippen molar-refractivity contribution in [3.63, 3.8) is 0 Å². The highest BCUT2D eigenvalue weighted by Crippen LogP contribution is 2.34. The summed E-state index contributed by atoms with van der Waals surface area (Å²) >= 11 is 0. The fraction of sp³-hybridized carbons (Fsp3) is 0.231. The van der Waals surface area contributed by atoms with Crippen LogP contribution in [-0.4, -0.2) is 37.9 Å². The highest BCUT2D eigenvalue weighted by Gasteiger charge is 2.35. The van der Waals surface area contributed by atoms with Gasteiger partial charge in [0.25, 0.3) is 5.91 Å². The second kappa shape index (κ2) is 7.85. The summed E-state index contributed by atoms with van der Waals surface area (Å²) in [6, 6.07) is 20.6. The van der Waals surface area contributed by atoms with Gasteiger partial charge in [-0.1, -0.05) is 36.4 Å². The van der Waals surface area contributed by atoms with E-state index in [4.69, 9.17) is 4.74 Å². The van der Waals surface area contributed by atoms with Gasteiger partial charge in [-0.2, -0.15) is 0 Å². The minimum atomic E-state index is -0.349. The zero-order valence-corrected chi connectivity index (χ0v) is 17.9. The highest BCUT2D eigenvalue weighted by atomic mass is 16.5. The Morgan fingerprint density at radius 3 is 2.73 bits per heavy atom. The second-order valence-corrected chi connectivity index (χ2v) is 8.52. The van der Waals surface area contributed by atoms with E-state index in [-0.39, 0.29) is 24.0 Å². The van der Waals surface area contributed by atoms with Crippen molar-refractivity contribution < 1.29 is 14.3 Å². The molecule has 2 aliphatic heterocycles. The molecule has 0 radical (unpaired) electrons. The normalized spacial score (nSPS) is 20.0. The van der Waals surface area contributed by atoms with E-state index < -0.39 is 0 Å². The molecule has 164 valence electrons. The van der Waals surface area contributed by atoms with Crippen LogP contribution >= 0.6 is 0 Å². The van der Waals surface area contributed by atoms with Crippen LogP contribution in [-0.2, 0) is 11.2 Å². The Labute approximate surface area is 190 Å². The number of carbonyl (C=O) groups excluding carboxylic acids is 2. The van der Waals surface area contributed by atoms with Crippen molar-refractivity contribution in [3.8, 4) is 0 Å². The molecule has 1 fully saturated rings. The summed E-state index contributed by atoms with van der Waals surface area (Å²) in [5.41, 5.74) is 3.67. The van der Waals surface area contributed by atoms with Crippen LogP contribution in [0.15, 0.2) is 72.9 Å². The van der Waals surface area contributed by atoms with E-state index >= 15 is 0 Å². The third kappa shape index (κ3) is 3.36. The summed E-state index contributed by atoms with van der Waals surface area (Å²) in [6.45, 7) is 0.664. The van der Waals surface area contributed by atoms with Crippen LogP contribution in [0.2, 0.25) is 0 Å². The van der Waals surface area contributed by atoms with Gasteiger partial charge in [0.2, 0.25) is 0 Å². The van der Waals surface area contributed by atoms with Crippen LogP contribution in [0, 0.1) is 0 Å². The molecule has 0 spiro atoms. The Morgan fingerprint density at radius 1 is 1.00 bits per heavy atom.